The van der Waals surface area contributed by atoms with Gasteiger partial charge < -0.3 is 30.0 Å². The third kappa shape index (κ3) is 36.1. The second-order valence-electron chi connectivity index (χ2n) is 1.92. The molecule has 10 heteroatoms. The van der Waals surface area contributed by atoms with Crippen LogP contribution in [0.1, 0.15) is 13.8 Å². The van der Waals surface area contributed by atoms with Crippen molar-refractivity contribution in [2.45, 2.75) is 26.1 Å². The van der Waals surface area contributed by atoms with Crippen LogP contribution in [0.2, 0.25) is 0 Å². The number of hydrogen-bond donors (Lipinski definition) is 0. The number of carboxylic acids is 2. The third-order valence-electron chi connectivity index (χ3n) is 0.664. The van der Waals surface area contributed by atoms with Crippen LogP contribution in [0.15, 0.2) is 0 Å². The summed E-state index contributed by atoms with van der Waals surface area (Å²) in [7, 11) is 4.56. The van der Waals surface area contributed by atoms with Crippen LogP contribution in [0.5, 0.6) is 0 Å². The quantitative estimate of drug-likeness (QED) is 0.463. The summed E-state index contributed by atoms with van der Waals surface area (Å²) in [6.07, 6.45) is -3.19. The maximum absolute atomic E-state index is 9.56. The first-order chi connectivity index (χ1) is 6.29. The summed E-state index contributed by atoms with van der Waals surface area (Å²) in [6, 6.07) is 0. The van der Waals surface area contributed by atoms with Crippen LogP contribution >= 0.6 is 10.0 Å². The van der Waals surface area contributed by atoms with Gasteiger partial charge >= 0.3 is 84.5 Å². The van der Waals surface area contributed by atoms with E-state index in [2.05, 4.69) is 10.0 Å². The smallest absolute Gasteiger partial charge is 1.00 e. The van der Waals surface area contributed by atoms with E-state index in [1.165, 1.54) is 0 Å². The third-order valence-corrected chi connectivity index (χ3v) is 0.664. The molecular weight excluding hydrogens is 276 g/mol. The molecule has 2 atom stereocenters. The average Bonchev–Trinajstić information content (AvgIpc) is 2.08. The Balaban J connectivity index is -0.0000000393. The maximum Gasteiger partial charge on any atom is 1.00 e. The van der Waals surface area contributed by atoms with Crippen molar-refractivity contribution in [3.8, 4) is 0 Å². The van der Waals surface area contributed by atoms with E-state index in [-0.39, 0.29) is 59.1 Å². The Labute approximate surface area is 151 Å². The van der Waals surface area contributed by atoms with Gasteiger partial charge in [-0.05, 0) is 0 Å². The summed E-state index contributed by atoms with van der Waals surface area (Å²) < 4.78 is 0. The van der Waals surface area contributed by atoms with E-state index >= 15 is 0 Å². The molecule has 2 unspecified atom stereocenters. The zero-order valence-corrected chi connectivity index (χ0v) is 15.5. The molecule has 0 aromatic rings. The van der Waals surface area contributed by atoms with E-state index in [0.717, 1.165) is 13.8 Å². The van der Waals surface area contributed by atoms with Crippen molar-refractivity contribution in [3.63, 3.8) is 0 Å². The van der Waals surface area contributed by atoms with Crippen LogP contribution in [0.4, 0.5) is 0 Å². The molecule has 0 aliphatic rings. The van der Waals surface area contributed by atoms with Crippen LogP contribution in [-0.2, 0) is 9.59 Å². The molecule has 80 valence electrons. The van der Waals surface area contributed by atoms with Crippen molar-refractivity contribution < 1.29 is 89.1 Å². The minimum Gasteiger partial charge on any atom is 1.00 e. The summed E-state index contributed by atoms with van der Waals surface area (Å²) in [5.74, 6) is -3.09. The first-order valence-corrected chi connectivity index (χ1v) is 4.98. The Bertz CT molecular complexity index is 151. The largest absolute Gasteiger partial charge is 1.00 e. The normalized spacial score (nSPS) is 10.7. The molecule has 0 bridgehead atoms. The SMILES string of the molecule is CC([O-])C(=O)[O-].CC([O-])C(=O)[O-].[Al+2][Cl].[Na+].[Na+]. The molecule has 0 aliphatic heterocycles. The zero-order valence-electron chi connectivity index (χ0n) is 9.56. The van der Waals surface area contributed by atoms with Crippen molar-refractivity contribution in [2.75, 3.05) is 0 Å². The molecule has 0 aromatic carbocycles. The van der Waals surface area contributed by atoms with Gasteiger partial charge in [0, 0.05) is 11.9 Å². The predicted octanol–water partition coefficient (Wildman–Crippen LogP) is -10.7. The van der Waals surface area contributed by atoms with Crippen LogP contribution in [-0.4, -0.2) is 39.5 Å². The van der Waals surface area contributed by atoms with Gasteiger partial charge in [-0.3, -0.25) is 0 Å². The van der Waals surface area contributed by atoms with E-state index in [1.807, 2.05) is 15.4 Å². The summed E-state index contributed by atoms with van der Waals surface area (Å²) in [6.45, 7) is 2.05. The molecule has 0 amide bonds. The number of rotatable bonds is 2. The van der Waals surface area contributed by atoms with Crippen molar-refractivity contribution in [1.82, 2.24) is 0 Å². The minimum atomic E-state index is -1.59. The van der Waals surface area contributed by atoms with Crippen LogP contribution < -0.4 is 79.5 Å². The Kier molecular flexibility index (Phi) is 41.9. The van der Waals surface area contributed by atoms with Gasteiger partial charge in [0.15, 0.2) is 0 Å². The van der Waals surface area contributed by atoms with Crippen LogP contribution in [0.3, 0.4) is 0 Å². The van der Waals surface area contributed by atoms with Crippen LogP contribution in [0.25, 0.3) is 0 Å². The van der Waals surface area contributed by atoms with Crippen molar-refractivity contribution in [3.05, 3.63) is 0 Å². The van der Waals surface area contributed by atoms with E-state index < -0.39 is 24.1 Å². The fraction of sp³-hybridized carbons (Fsp3) is 0.667. The molecule has 0 fully saturated rings. The number of aliphatic carboxylic acids is 2. The van der Waals surface area contributed by atoms with Gasteiger partial charge in [0.05, 0.1) is 0 Å². The number of halogens is 1. The second kappa shape index (κ2) is 21.9. The van der Waals surface area contributed by atoms with Crippen LogP contribution in [0, 0.1) is 0 Å². The van der Waals surface area contributed by atoms with Gasteiger partial charge in [-0.15, -0.1) is 0 Å². The second-order valence-corrected chi connectivity index (χ2v) is 1.92. The molecule has 6 nitrogen and oxygen atoms in total. The molecule has 0 N–H and O–H groups in total. The van der Waals surface area contributed by atoms with Crippen molar-refractivity contribution >= 4 is 37.4 Å². The van der Waals surface area contributed by atoms with Gasteiger partial charge in [-0.2, -0.15) is 0 Å². The molecule has 0 saturated carbocycles. The summed E-state index contributed by atoms with van der Waals surface area (Å²) in [5.41, 5.74) is 0. The zero-order chi connectivity index (χ0) is 12.3. The number of carboxylic acid groups (broad SMARTS) is 2. The fourth-order valence-corrected chi connectivity index (χ4v) is 0. The minimum absolute atomic E-state index is 0. The molecule has 0 radical (unpaired) electrons. The molecule has 0 aromatic heterocycles. The van der Waals surface area contributed by atoms with E-state index in [4.69, 9.17) is 0 Å². The molecule has 0 spiro atoms. The first kappa shape index (κ1) is 30.6. The predicted molar refractivity (Wildman–Crippen MR) is 40.5 cm³/mol. The Morgan fingerprint density at radius 3 is 1.00 bits per heavy atom. The molecule has 0 saturated heterocycles. The molecule has 0 rings (SSSR count). The number of carbonyl (C=O) groups excluding carboxylic acids is 2. The summed E-state index contributed by atoms with van der Waals surface area (Å²) in [5, 5.41) is 37.7. The average molecular weight is 285 g/mol. The van der Waals surface area contributed by atoms with Gasteiger partial charge in [-0.1, -0.05) is 26.1 Å². The molecular formula is C6H8AlClNa2O6. The van der Waals surface area contributed by atoms with Crippen molar-refractivity contribution in [1.29, 1.82) is 0 Å². The Morgan fingerprint density at radius 1 is 0.938 bits per heavy atom. The van der Waals surface area contributed by atoms with E-state index in [9.17, 15) is 30.0 Å². The van der Waals surface area contributed by atoms with Crippen molar-refractivity contribution in [2.24, 2.45) is 0 Å². The standard InChI is InChI=1S/2C3H5O3.Al.ClH.2Na/c2*1-2(4)3(5)6;;;;/h2*2H,1H3,(H,5,6);;1H;;/q2*-1;+3;;2*+1/p-3. The maximum atomic E-state index is 9.56. The molecule has 16 heavy (non-hydrogen) atoms. The fourth-order valence-electron chi connectivity index (χ4n) is 0. The van der Waals surface area contributed by atoms with E-state index in [1.54, 1.807) is 0 Å². The summed E-state index contributed by atoms with van der Waals surface area (Å²) in [4.78, 5) is 18.6. The Morgan fingerprint density at radius 2 is 1.00 bits per heavy atom. The van der Waals surface area contributed by atoms with Gasteiger partial charge in [-0.25, -0.2) is 0 Å². The molecule has 0 heterocycles. The van der Waals surface area contributed by atoms with Gasteiger partial charge in [0.1, 0.15) is 0 Å². The monoisotopic (exact) mass is 284 g/mol. The topological polar surface area (TPSA) is 126 Å². The van der Waals surface area contributed by atoms with Gasteiger partial charge in [0.25, 0.3) is 0 Å². The summed E-state index contributed by atoms with van der Waals surface area (Å²) >= 11 is 1.89. The Hall–Kier alpha value is 1.68. The molecule has 0 aliphatic carbocycles. The van der Waals surface area contributed by atoms with Gasteiger partial charge in [0.2, 0.25) is 0 Å². The number of hydrogen-bond acceptors (Lipinski definition) is 6. The first-order valence-electron chi connectivity index (χ1n) is 3.24. The van der Waals surface area contributed by atoms with E-state index in [0.29, 0.717) is 0 Å². The number of carbonyl (C=O) groups is 2.